The summed E-state index contributed by atoms with van der Waals surface area (Å²) in [6, 6.07) is 18.1. The lowest BCUT2D eigenvalue weighted by Crippen LogP contribution is -2.18. The van der Waals surface area contributed by atoms with E-state index in [2.05, 4.69) is 15.1 Å². The second kappa shape index (κ2) is 7.71. The first-order valence-corrected chi connectivity index (χ1v) is 10.3. The van der Waals surface area contributed by atoms with Gasteiger partial charge in [0.25, 0.3) is 0 Å². The molecule has 1 aliphatic heterocycles. The highest BCUT2D eigenvalue weighted by molar-refractivity contribution is 5.84. The lowest BCUT2D eigenvalue weighted by molar-refractivity contribution is 0.323. The van der Waals surface area contributed by atoms with Crippen LogP contribution < -0.4 is 5.73 Å². The first kappa shape index (κ1) is 19.6. The zero-order chi connectivity index (χ0) is 21.5. The minimum absolute atomic E-state index is 0.229. The second-order valence-electron chi connectivity index (χ2n) is 8.11. The van der Waals surface area contributed by atoms with Crippen molar-refractivity contribution in [3.63, 3.8) is 0 Å². The van der Waals surface area contributed by atoms with Crippen molar-refractivity contribution >= 4 is 16.6 Å². The predicted molar refractivity (Wildman–Crippen MR) is 119 cm³/mol. The minimum atomic E-state index is -0.337. The number of rotatable bonds is 2. The van der Waals surface area contributed by atoms with Gasteiger partial charge < -0.3 is 10.6 Å². The maximum Gasteiger partial charge on any atom is 0.146 e. The molecule has 0 fully saturated rings. The van der Waals surface area contributed by atoms with Crippen LogP contribution in [0.15, 0.2) is 60.7 Å². The Labute approximate surface area is 179 Å². The predicted octanol–water partition coefficient (Wildman–Crippen LogP) is 5.12. The number of hydrogen-bond acceptors (Lipinski definition) is 4. The summed E-state index contributed by atoms with van der Waals surface area (Å²) in [5, 5.41) is 9.33. The Kier molecular flexibility index (Phi) is 4.87. The number of nitrogens with two attached hydrogens (primary N) is 1. The van der Waals surface area contributed by atoms with Crippen LogP contribution in [-0.4, -0.2) is 28.7 Å². The van der Waals surface area contributed by atoms with Crippen molar-refractivity contribution in [2.24, 2.45) is 0 Å². The van der Waals surface area contributed by atoms with E-state index >= 15 is 8.78 Å². The largest absolute Gasteiger partial charge is 0.382 e. The Morgan fingerprint density at radius 2 is 1.71 bits per heavy atom. The van der Waals surface area contributed by atoms with Gasteiger partial charge in [0.05, 0.1) is 5.69 Å². The number of anilines is 1. The lowest BCUT2D eigenvalue weighted by Gasteiger charge is -2.20. The molecule has 156 valence electrons. The Balaban J connectivity index is 1.67. The van der Waals surface area contributed by atoms with Gasteiger partial charge in [-0.3, -0.25) is 0 Å². The second-order valence-corrected chi connectivity index (χ2v) is 8.11. The van der Waals surface area contributed by atoms with Crippen LogP contribution in [0.4, 0.5) is 14.6 Å². The zero-order valence-corrected chi connectivity index (χ0v) is 17.1. The fourth-order valence-electron chi connectivity index (χ4n) is 4.50. The molecule has 0 aliphatic carbocycles. The molecule has 0 bridgehead atoms. The number of hydrogen-bond donors (Lipinski definition) is 1. The topological polar surface area (TPSA) is 55.0 Å². The van der Waals surface area contributed by atoms with Crippen molar-refractivity contribution < 1.29 is 8.78 Å². The van der Waals surface area contributed by atoms with Crippen LogP contribution in [0.3, 0.4) is 0 Å². The van der Waals surface area contributed by atoms with E-state index in [9.17, 15) is 0 Å². The first-order valence-electron chi connectivity index (χ1n) is 10.3. The van der Waals surface area contributed by atoms with Crippen LogP contribution in [0.5, 0.6) is 0 Å². The van der Waals surface area contributed by atoms with Gasteiger partial charge in [0.2, 0.25) is 0 Å². The number of nitrogens with zero attached hydrogens (tertiary/aromatic N) is 3. The Bertz CT molecular complexity index is 1270. The molecule has 1 unspecified atom stereocenters. The van der Waals surface area contributed by atoms with Crippen LogP contribution in [0.1, 0.15) is 29.0 Å². The molecular weight excluding hydrogens is 394 g/mol. The van der Waals surface area contributed by atoms with Gasteiger partial charge in [0.15, 0.2) is 0 Å². The van der Waals surface area contributed by atoms with E-state index in [0.717, 1.165) is 17.5 Å². The van der Waals surface area contributed by atoms with Crippen molar-refractivity contribution in [3.05, 3.63) is 89.0 Å². The van der Waals surface area contributed by atoms with Gasteiger partial charge >= 0.3 is 0 Å². The van der Waals surface area contributed by atoms with Gasteiger partial charge in [0, 0.05) is 29.0 Å². The third kappa shape index (κ3) is 3.43. The summed E-state index contributed by atoms with van der Waals surface area (Å²) in [6.07, 6.45) is 0.708. The molecule has 4 nitrogen and oxygen atoms in total. The quantitative estimate of drug-likeness (QED) is 0.493. The summed E-state index contributed by atoms with van der Waals surface area (Å²) in [7, 11) is 1.96. The van der Waals surface area contributed by atoms with Gasteiger partial charge in [-0.15, -0.1) is 10.2 Å². The van der Waals surface area contributed by atoms with E-state index in [1.807, 2.05) is 43.4 Å². The van der Waals surface area contributed by atoms with E-state index < -0.39 is 0 Å². The van der Waals surface area contributed by atoms with Crippen molar-refractivity contribution in [2.75, 3.05) is 19.3 Å². The number of aromatic nitrogens is 2. The molecule has 0 saturated heterocycles. The zero-order valence-electron chi connectivity index (χ0n) is 17.1. The Morgan fingerprint density at radius 3 is 2.52 bits per heavy atom. The molecule has 0 radical (unpaired) electrons. The fraction of sp³-hybridized carbons (Fsp3) is 0.200. The standard InChI is InChI=1S/C25H22F2N4/c1-31-13-12-18(19-7-6-15-4-2-3-5-16(15)24(19)26)17-8-9-20(25(27)21(17)14-31)22-10-11-23(28)30-29-22/h2-11,18H,12-14H2,1H3,(H2,28,30). The number of nitrogen functional groups attached to an aromatic ring is 1. The number of halogens is 2. The van der Waals surface area contributed by atoms with Crippen LogP contribution in [-0.2, 0) is 6.54 Å². The molecule has 6 heteroatoms. The average molecular weight is 416 g/mol. The van der Waals surface area contributed by atoms with Gasteiger partial charge in [-0.25, -0.2) is 8.78 Å². The number of benzene rings is 3. The van der Waals surface area contributed by atoms with Crippen molar-refractivity contribution in [1.29, 1.82) is 0 Å². The summed E-state index contributed by atoms with van der Waals surface area (Å²) in [6.45, 7) is 1.19. The van der Waals surface area contributed by atoms with Gasteiger partial charge in [-0.2, -0.15) is 0 Å². The molecule has 0 spiro atoms. The molecule has 3 aromatic carbocycles. The summed E-state index contributed by atoms with van der Waals surface area (Å²) in [4.78, 5) is 2.07. The van der Waals surface area contributed by atoms with Crippen LogP contribution in [0.2, 0.25) is 0 Å². The van der Waals surface area contributed by atoms with E-state index in [-0.39, 0.29) is 23.4 Å². The third-order valence-corrected chi connectivity index (χ3v) is 6.11. The molecule has 2 N–H and O–H groups in total. The molecular formula is C25H22F2N4. The number of fused-ring (bicyclic) bond motifs is 2. The summed E-state index contributed by atoms with van der Waals surface area (Å²) in [5.74, 6) is -0.514. The molecule has 0 amide bonds. The molecule has 0 saturated carbocycles. The van der Waals surface area contributed by atoms with Crippen molar-refractivity contribution in [3.8, 4) is 11.3 Å². The van der Waals surface area contributed by atoms with Crippen LogP contribution in [0.25, 0.3) is 22.0 Å². The van der Waals surface area contributed by atoms with Crippen LogP contribution >= 0.6 is 0 Å². The smallest absolute Gasteiger partial charge is 0.146 e. The van der Waals surface area contributed by atoms with E-state index in [1.54, 1.807) is 24.3 Å². The Hall–Kier alpha value is -3.38. The highest BCUT2D eigenvalue weighted by Crippen LogP contribution is 2.39. The van der Waals surface area contributed by atoms with Crippen molar-refractivity contribution in [1.82, 2.24) is 15.1 Å². The minimum Gasteiger partial charge on any atom is -0.382 e. The first-order chi connectivity index (χ1) is 15.0. The van der Waals surface area contributed by atoms with Gasteiger partial charge in [-0.05, 0) is 54.7 Å². The highest BCUT2D eigenvalue weighted by atomic mass is 19.1. The molecule has 1 aliphatic rings. The third-order valence-electron chi connectivity index (χ3n) is 6.11. The summed E-state index contributed by atoms with van der Waals surface area (Å²) in [5.41, 5.74) is 8.43. The van der Waals surface area contributed by atoms with Gasteiger partial charge in [-0.1, -0.05) is 42.5 Å². The molecule has 4 aromatic rings. The summed E-state index contributed by atoms with van der Waals surface area (Å²) >= 11 is 0. The molecule has 5 rings (SSSR count). The average Bonchev–Trinajstić information content (AvgIpc) is 2.95. The van der Waals surface area contributed by atoms with E-state index in [0.29, 0.717) is 40.7 Å². The molecule has 2 heterocycles. The molecule has 1 aromatic heterocycles. The maximum absolute atomic E-state index is 15.7. The fourth-order valence-corrected chi connectivity index (χ4v) is 4.50. The SMILES string of the molecule is CN1CCC(c2ccc3ccccc3c2F)c2ccc(-c3ccc(N)nn3)c(F)c2C1. The van der Waals surface area contributed by atoms with Crippen LogP contribution in [0, 0.1) is 11.6 Å². The molecule has 1 atom stereocenters. The van der Waals surface area contributed by atoms with E-state index in [1.165, 1.54) is 0 Å². The van der Waals surface area contributed by atoms with Gasteiger partial charge in [0.1, 0.15) is 17.5 Å². The Morgan fingerprint density at radius 1 is 0.903 bits per heavy atom. The molecule has 31 heavy (non-hydrogen) atoms. The normalized spacial score (nSPS) is 16.8. The van der Waals surface area contributed by atoms with E-state index in [4.69, 9.17) is 5.73 Å². The lowest BCUT2D eigenvalue weighted by atomic mass is 9.84. The monoisotopic (exact) mass is 416 g/mol. The summed E-state index contributed by atoms with van der Waals surface area (Å²) < 4.78 is 31.2. The van der Waals surface area contributed by atoms with Crippen molar-refractivity contribution in [2.45, 2.75) is 18.9 Å². The highest BCUT2D eigenvalue weighted by Gasteiger charge is 2.28. The maximum atomic E-state index is 15.7.